The van der Waals surface area contributed by atoms with Gasteiger partial charge in [-0.3, -0.25) is 0 Å². The number of quaternary nitrogens is 1. The smallest absolute Gasteiger partial charge is 0.0786 e. The van der Waals surface area contributed by atoms with Crippen LogP contribution in [0.2, 0.25) is 0 Å². The van der Waals surface area contributed by atoms with Crippen LogP contribution in [0.3, 0.4) is 0 Å². The summed E-state index contributed by atoms with van der Waals surface area (Å²) in [5.74, 6) is 0. The number of hydrogen-bond donors (Lipinski definition) is 0. The van der Waals surface area contributed by atoms with Crippen LogP contribution in [-0.4, -0.2) is 30.7 Å². The number of unbranched alkanes of at least 4 members (excludes halogenated alkanes) is 17. The predicted octanol–water partition coefficient (Wildman–Crippen LogP) is 7.08. The van der Waals surface area contributed by atoms with Crippen molar-refractivity contribution in [2.75, 3.05) is 26.2 Å². The van der Waals surface area contributed by atoms with Gasteiger partial charge in [-0.2, -0.15) is 0 Å². The Balaban J connectivity index is 0. The molecule has 190 valence electrons. The van der Waals surface area contributed by atoms with Gasteiger partial charge in [0.25, 0.3) is 0 Å². The molecule has 0 atom stereocenters. The van der Waals surface area contributed by atoms with Crippen molar-refractivity contribution < 1.29 is 16.9 Å². The maximum Gasteiger partial charge on any atom is 0.0786 e. The fraction of sp³-hybridized carbons (Fsp3) is 1.00. The fourth-order valence-corrected chi connectivity index (χ4v) is 5.05. The van der Waals surface area contributed by atoms with Gasteiger partial charge in [0, 0.05) is 0 Å². The average Bonchev–Trinajstić information content (AvgIpc) is 2.75. The molecule has 0 aromatic rings. The first kappa shape index (κ1) is 33.4. The van der Waals surface area contributed by atoms with Crippen LogP contribution in [0.15, 0.2) is 0 Å². The first-order chi connectivity index (χ1) is 14.7. The Morgan fingerprint density at radius 3 is 0.774 bits per heavy atom. The minimum atomic E-state index is 0. The van der Waals surface area contributed by atoms with Crippen LogP contribution in [0.25, 0.3) is 0 Å². The van der Waals surface area contributed by atoms with Crippen molar-refractivity contribution in [2.24, 2.45) is 0 Å². The van der Waals surface area contributed by atoms with E-state index in [9.17, 15) is 0 Å². The van der Waals surface area contributed by atoms with Gasteiger partial charge in [-0.15, -0.1) is 0 Å². The van der Waals surface area contributed by atoms with Crippen LogP contribution in [0.4, 0.5) is 0 Å². The Morgan fingerprint density at radius 2 is 0.484 bits per heavy atom. The van der Waals surface area contributed by atoms with Gasteiger partial charge in [0.15, 0.2) is 0 Å². The van der Waals surface area contributed by atoms with E-state index in [1.807, 2.05) is 0 Å². The zero-order valence-corrected chi connectivity index (χ0v) is 23.3. The standard InChI is InChI=1S/C29H62N.ClH/c1-5-9-13-14-15-16-17-18-19-20-21-25-29-30(26-22-10-6-2,27-23-11-7-3)28-24-12-8-4;/h5-29H2,1-4H3;1H/q+1;/p-1. The van der Waals surface area contributed by atoms with Gasteiger partial charge >= 0.3 is 0 Å². The van der Waals surface area contributed by atoms with Crippen molar-refractivity contribution >= 4 is 0 Å². The Hall–Kier alpha value is 0.250. The van der Waals surface area contributed by atoms with E-state index in [2.05, 4.69) is 27.7 Å². The molecule has 0 radical (unpaired) electrons. The second-order valence-corrected chi connectivity index (χ2v) is 10.2. The summed E-state index contributed by atoms with van der Waals surface area (Å²) < 4.78 is 1.46. The van der Waals surface area contributed by atoms with Gasteiger partial charge < -0.3 is 16.9 Å². The van der Waals surface area contributed by atoms with Crippen molar-refractivity contribution in [2.45, 2.75) is 163 Å². The van der Waals surface area contributed by atoms with E-state index in [4.69, 9.17) is 0 Å². The van der Waals surface area contributed by atoms with Crippen LogP contribution in [-0.2, 0) is 0 Å². The van der Waals surface area contributed by atoms with Gasteiger partial charge in [-0.1, -0.05) is 111 Å². The largest absolute Gasteiger partial charge is 1.00 e. The summed E-state index contributed by atoms with van der Waals surface area (Å²) in [6.45, 7) is 15.2. The molecule has 0 saturated heterocycles. The zero-order chi connectivity index (χ0) is 22.2. The molecule has 31 heavy (non-hydrogen) atoms. The molecule has 0 N–H and O–H groups in total. The lowest BCUT2D eigenvalue weighted by Crippen LogP contribution is -3.00. The molecule has 0 amide bonds. The quantitative estimate of drug-likeness (QED) is 0.101. The molecule has 1 nitrogen and oxygen atoms in total. The molecule has 0 saturated carbocycles. The summed E-state index contributed by atoms with van der Waals surface area (Å²) in [4.78, 5) is 0. The van der Waals surface area contributed by atoms with Crippen molar-refractivity contribution in [3.8, 4) is 0 Å². The van der Waals surface area contributed by atoms with Gasteiger partial charge in [0.2, 0.25) is 0 Å². The van der Waals surface area contributed by atoms with Crippen molar-refractivity contribution in [1.82, 2.24) is 0 Å². The van der Waals surface area contributed by atoms with Crippen LogP contribution >= 0.6 is 0 Å². The monoisotopic (exact) mass is 459 g/mol. The second-order valence-electron chi connectivity index (χ2n) is 10.2. The fourth-order valence-electron chi connectivity index (χ4n) is 5.05. The molecule has 0 bridgehead atoms. The van der Waals surface area contributed by atoms with Gasteiger partial charge in [-0.25, -0.2) is 0 Å². The molecule has 0 unspecified atom stereocenters. The summed E-state index contributed by atoms with van der Waals surface area (Å²) >= 11 is 0. The molecule has 2 heteroatoms. The van der Waals surface area contributed by atoms with Crippen molar-refractivity contribution in [3.63, 3.8) is 0 Å². The molecule has 0 fully saturated rings. The highest BCUT2D eigenvalue weighted by Crippen LogP contribution is 2.19. The van der Waals surface area contributed by atoms with Gasteiger partial charge in [0.05, 0.1) is 26.2 Å². The molecular formula is C29H62ClN. The highest BCUT2D eigenvalue weighted by molar-refractivity contribution is 4.53. The maximum absolute atomic E-state index is 2.36. The highest BCUT2D eigenvalue weighted by atomic mass is 35.5. The molecule has 0 aliphatic rings. The van der Waals surface area contributed by atoms with Crippen LogP contribution < -0.4 is 12.4 Å². The Kier molecular flexibility index (Phi) is 28.6. The number of nitrogens with zero attached hydrogens (tertiary/aromatic N) is 1. The van der Waals surface area contributed by atoms with E-state index >= 15 is 0 Å². The molecule has 0 aliphatic carbocycles. The summed E-state index contributed by atoms with van der Waals surface area (Å²) in [5, 5.41) is 0. The second kappa shape index (κ2) is 26.5. The van der Waals surface area contributed by atoms with E-state index in [-0.39, 0.29) is 12.4 Å². The van der Waals surface area contributed by atoms with E-state index in [0.717, 1.165) is 0 Å². The normalized spacial score (nSPS) is 11.6. The van der Waals surface area contributed by atoms with Crippen LogP contribution in [0.5, 0.6) is 0 Å². The van der Waals surface area contributed by atoms with E-state index < -0.39 is 0 Å². The number of rotatable bonds is 25. The Morgan fingerprint density at radius 1 is 0.290 bits per heavy atom. The van der Waals surface area contributed by atoms with Crippen LogP contribution in [0.1, 0.15) is 163 Å². The minimum Gasteiger partial charge on any atom is -1.00 e. The summed E-state index contributed by atoms with van der Waals surface area (Å²) in [7, 11) is 0. The average molecular weight is 460 g/mol. The summed E-state index contributed by atoms with van der Waals surface area (Å²) in [5.41, 5.74) is 0. The minimum absolute atomic E-state index is 0. The lowest BCUT2D eigenvalue weighted by molar-refractivity contribution is -0.929. The molecule has 0 heterocycles. The first-order valence-electron chi connectivity index (χ1n) is 14.6. The molecular weight excluding hydrogens is 398 g/mol. The third-order valence-electron chi connectivity index (χ3n) is 7.19. The van der Waals surface area contributed by atoms with E-state index in [1.54, 1.807) is 0 Å². The first-order valence-corrected chi connectivity index (χ1v) is 14.6. The molecule has 0 spiro atoms. The van der Waals surface area contributed by atoms with Crippen molar-refractivity contribution in [1.29, 1.82) is 0 Å². The number of halogens is 1. The molecule has 0 aromatic heterocycles. The topological polar surface area (TPSA) is 0 Å². The lowest BCUT2D eigenvalue weighted by atomic mass is 10.0. The molecule has 0 aliphatic heterocycles. The zero-order valence-electron chi connectivity index (χ0n) is 22.5. The lowest BCUT2D eigenvalue weighted by Gasteiger charge is -2.39. The van der Waals surface area contributed by atoms with E-state index in [0.29, 0.717) is 0 Å². The van der Waals surface area contributed by atoms with Gasteiger partial charge in [0.1, 0.15) is 0 Å². The summed E-state index contributed by atoms with van der Waals surface area (Å²) in [6, 6.07) is 0. The van der Waals surface area contributed by atoms with E-state index in [1.165, 1.54) is 165 Å². The SMILES string of the molecule is CCCCCCCCCCCCCC[N+](CCCCC)(CCCCC)CCCCC.[Cl-]. The Bertz CT molecular complexity index is 291. The molecule has 0 rings (SSSR count). The highest BCUT2D eigenvalue weighted by Gasteiger charge is 2.25. The van der Waals surface area contributed by atoms with Gasteiger partial charge in [-0.05, 0) is 51.4 Å². The van der Waals surface area contributed by atoms with Crippen LogP contribution in [0, 0.1) is 0 Å². The third kappa shape index (κ3) is 21.8. The van der Waals surface area contributed by atoms with Crippen molar-refractivity contribution in [3.05, 3.63) is 0 Å². The number of hydrogen-bond acceptors (Lipinski definition) is 0. The Labute approximate surface area is 205 Å². The molecule has 0 aromatic carbocycles. The third-order valence-corrected chi connectivity index (χ3v) is 7.19. The summed E-state index contributed by atoms with van der Waals surface area (Å²) in [6.07, 6.45) is 30.3. The maximum atomic E-state index is 2.36. The predicted molar refractivity (Wildman–Crippen MR) is 139 cm³/mol.